The molecule has 1 atom stereocenters. The van der Waals surface area contributed by atoms with Gasteiger partial charge in [0.05, 0.1) is 0 Å². The smallest absolute Gasteiger partial charge is 0.251 e. The fourth-order valence-electron chi connectivity index (χ4n) is 1.78. The highest BCUT2D eigenvalue weighted by Gasteiger charge is 2.10. The molecule has 0 aliphatic heterocycles. The van der Waals surface area contributed by atoms with Crippen molar-refractivity contribution >= 4 is 5.91 Å². The largest absolute Gasteiger partial charge is 0.352 e. The molecule has 0 aliphatic carbocycles. The monoisotopic (exact) mass is 234 g/mol. The Morgan fingerprint density at radius 2 is 2.00 bits per heavy atom. The van der Waals surface area contributed by atoms with Crippen LogP contribution < -0.4 is 10.6 Å². The molecule has 0 spiro atoms. The van der Waals surface area contributed by atoms with Gasteiger partial charge in [-0.3, -0.25) is 4.79 Å². The van der Waals surface area contributed by atoms with Gasteiger partial charge < -0.3 is 10.6 Å². The van der Waals surface area contributed by atoms with Crippen LogP contribution in [0.25, 0.3) is 0 Å². The molecule has 1 unspecified atom stereocenters. The van der Waals surface area contributed by atoms with Crippen LogP contribution >= 0.6 is 0 Å². The predicted molar refractivity (Wildman–Crippen MR) is 71.3 cm³/mol. The normalized spacial score (nSPS) is 12.2. The van der Waals surface area contributed by atoms with Crippen LogP contribution in [0.5, 0.6) is 0 Å². The van der Waals surface area contributed by atoms with Crippen LogP contribution in [0.2, 0.25) is 0 Å². The SMILES string of the molecule is CNCC(C)CNC(=O)c1cccc(C)c1C. The Labute approximate surface area is 104 Å². The summed E-state index contributed by atoms with van der Waals surface area (Å²) in [6.07, 6.45) is 0. The first-order valence-corrected chi connectivity index (χ1v) is 6.05. The van der Waals surface area contributed by atoms with Gasteiger partial charge in [0.25, 0.3) is 5.91 Å². The molecule has 0 heterocycles. The quantitative estimate of drug-likeness (QED) is 0.817. The molecule has 1 rings (SSSR count). The number of carbonyl (C=O) groups is 1. The Morgan fingerprint density at radius 3 is 2.65 bits per heavy atom. The van der Waals surface area contributed by atoms with Crippen LogP contribution in [0.1, 0.15) is 28.4 Å². The van der Waals surface area contributed by atoms with E-state index in [0.717, 1.165) is 23.2 Å². The van der Waals surface area contributed by atoms with Crippen molar-refractivity contribution in [3.8, 4) is 0 Å². The van der Waals surface area contributed by atoms with Gasteiger partial charge in [-0.25, -0.2) is 0 Å². The maximum Gasteiger partial charge on any atom is 0.251 e. The van der Waals surface area contributed by atoms with E-state index >= 15 is 0 Å². The van der Waals surface area contributed by atoms with Gasteiger partial charge in [0.2, 0.25) is 0 Å². The van der Waals surface area contributed by atoms with Gasteiger partial charge in [-0.1, -0.05) is 19.1 Å². The summed E-state index contributed by atoms with van der Waals surface area (Å²) in [7, 11) is 1.92. The number of benzene rings is 1. The molecule has 0 saturated carbocycles. The highest BCUT2D eigenvalue weighted by atomic mass is 16.1. The van der Waals surface area contributed by atoms with E-state index in [0.29, 0.717) is 12.5 Å². The summed E-state index contributed by atoms with van der Waals surface area (Å²) in [5.74, 6) is 0.461. The maximum absolute atomic E-state index is 12.0. The molecule has 1 amide bonds. The summed E-state index contributed by atoms with van der Waals surface area (Å²) < 4.78 is 0. The topological polar surface area (TPSA) is 41.1 Å². The van der Waals surface area contributed by atoms with Crippen molar-refractivity contribution in [2.24, 2.45) is 5.92 Å². The number of aryl methyl sites for hydroxylation is 1. The fraction of sp³-hybridized carbons (Fsp3) is 0.500. The summed E-state index contributed by atoms with van der Waals surface area (Å²) in [5, 5.41) is 6.07. The first-order chi connectivity index (χ1) is 8.06. The minimum absolute atomic E-state index is 0.0224. The second kappa shape index (κ2) is 6.40. The van der Waals surface area contributed by atoms with Gasteiger partial charge in [-0.05, 0) is 50.6 Å². The Balaban J connectivity index is 2.61. The molecule has 1 aromatic carbocycles. The van der Waals surface area contributed by atoms with E-state index < -0.39 is 0 Å². The third-order valence-electron chi connectivity index (χ3n) is 3.01. The summed E-state index contributed by atoms with van der Waals surface area (Å²) in [6.45, 7) is 7.73. The van der Waals surface area contributed by atoms with Gasteiger partial charge >= 0.3 is 0 Å². The number of amides is 1. The number of nitrogens with one attached hydrogen (secondary N) is 2. The molecule has 1 aromatic rings. The minimum atomic E-state index is 0.0224. The number of rotatable bonds is 5. The Bertz CT molecular complexity index is 388. The molecule has 0 saturated heterocycles. The van der Waals surface area contributed by atoms with E-state index in [1.165, 1.54) is 0 Å². The van der Waals surface area contributed by atoms with Crippen molar-refractivity contribution in [2.45, 2.75) is 20.8 Å². The lowest BCUT2D eigenvalue weighted by Gasteiger charge is -2.13. The zero-order chi connectivity index (χ0) is 12.8. The van der Waals surface area contributed by atoms with Crippen molar-refractivity contribution in [1.82, 2.24) is 10.6 Å². The second-order valence-electron chi connectivity index (χ2n) is 4.62. The molecule has 17 heavy (non-hydrogen) atoms. The maximum atomic E-state index is 12.0. The Kier molecular flexibility index (Phi) is 5.16. The summed E-state index contributed by atoms with van der Waals surface area (Å²) >= 11 is 0. The zero-order valence-corrected chi connectivity index (χ0v) is 11.1. The van der Waals surface area contributed by atoms with E-state index in [4.69, 9.17) is 0 Å². The van der Waals surface area contributed by atoms with Crippen LogP contribution in [0.4, 0.5) is 0 Å². The van der Waals surface area contributed by atoms with Crippen LogP contribution in [-0.4, -0.2) is 26.0 Å². The lowest BCUT2D eigenvalue weighted by molar-refractivity contribution is 0.0947. The molecule has 3 nitrogen and oxygen atoms in total. The molecule has 0 aliphatic rings. The van der Waals surface area contributed by atoms with Crippen molar-refractivity contribution < 1.29 is 4.79 Å². The first-order valence-electron chi connectivity index (χ1n) is 6.05. The van der Waals surface area contributed by atoms with Crippen LogP contribution in [-0.2, 0) is 0 Å². The number of hydrogen-bond acceptors (Lipinski definition) is 2. The molecule has 2 N–H and O–H groups in total. The van der Waals surface area contributed by atoms with Crippen LogP contribution in [0.3, 0.4) is 0 Å². The van der Waals surface area contributed by atoms with Crippen LogP contribution in [0.15, 0.2) is 18.2 Å². The summed E-state index contributed by atoms with van der Waals surface area (Å²) in [6, 6.07) is 5.82. The Hall–Kier alpha value is -1.35. The van der Waals surface area contributed by atoms with Gasteiger partial charge in [-0.15, -0.1) is 0 Å². The molecule has 0 fully saturated rings. The fourth-order valence-corrected chi connectivity index (χ4v) is 1.78. The standard InChI is InChI=1S/C14H22N2O/c1-10(8-15-4)9-16-14(17)13-7-5-6-11(2)12(13)3/h5-7,10,15H,8-9H2,1-4H3,(H,16,17). The summed E-state index contributed by atoms with van der Waals surface area (Å²) in [4.78, 5) is 12.0. The molecule has 3 heteroatoms. The molecular weight excluding hydrogens is 212 g/mol. The molecule has 0 aromatic heterocycles. The second-order valence-corrected chi connectivity index (χ2v) is 4.62. The van der Waals surface area contributed by atoms with E-state index in [2.05, 4.69) is 17.6 Å². The highest BCUT2D eigenvalue weighted by molar-refractivity contribution is 5.95. The van der Waals surface area contributed by atoms with Crippen molar-refractivity contribution in [3.63, 3.8) is 0 Å². The third kappa shape index (κ3) is 3.86. The van der Waals surface area contributed by atoms with Crippen molar-refractivity contribution in [2.75, 3.05) is 20.1 Å². The van der Waals surface area contributed by atoms with Crippen LogP contribution in [0, 0.1) is 19.8 Å². The van der Waals surface area contributed by atoms with Gasteiger partial charge in [0.15, 0.2) is 0 Å². The summed E-state index contributed by atoms with van der Waals surface area (Å²) in [5.41, 5.74) is 2.99. The lowest BCUT2D eigenvalue weighted by Crippen LogP contribution is -2.32. The number of hydrogen-bond donors (Lipinski definition) is 2. The molecular formula is C14H22N2O. The van der Waals surface area contributed by atoms with E-state index in [1.54, 1.807) is 0 Å². The van der Waals surface area contributed by atoms with Gasteiger partial charge in [0, 0.05) is 12.1 Å². The minimum Gasteiger partial charge on any atom is -0.352 e. The number of carbonyl (C=O) groups excluding carboxylic acids is 1. The first kappa shape index (κ1) is 13.7. The van der Waals surface area contributed by atoms with Crippen molar-refractivity contribution in [1.29, 1.82) is 0 Å². The lowest BCUT2D eigenvalue weighted by atomic mass is 10.0. The van der Waals surface area contributed by atoms with Gasteiger partial charge in [0.1, 0.15) is 0 Å². The molecule has 0 bridgehead atoms. The van der Waals surface area contributed by atoms with Gasteiger partial charge in [-0.2, -0.15) is 0 Å². The predicted octanol–water partition coefficient (Wildman–Crippen LogP) is 1.89. The molecule has 94 valence electrons. The average Bonchev–Trinajstić information content (AvgIpc) is 2.30. The molecule has 0 radical (unpaired) electrons. The third-order valence-corrected chi connectivity index (χ3v) is 3.01. The average molecular weight is 234 g/mol. The van der Waals surface area contributed by atoms with E-state index in [9.17, 15) is 4.79 Å². The van der Waals surface area contributed by atoms with Crippen molar-refractivity contribution in [3.05, 3.63) is 34.9 Å². The Morgan fingerprint density at radius 1 is 1.29 bits per heavy atom. The zero-order valence-electron chi connectivity index (χ0n) is 11.1. The van der Waals surface area contributed by atoms with E-state index in [1.807, 2.05) is 39.1 Å². The highest BCUT2D eigenvalue weighted by Crippen LogP contribution is 2.12. The van der Waals surface area contributed by atoms with E-state index in [-0.39, 0.29) is 5.91 Å².